The Balaban J connectivity index is 3.17. The minimum absolute atomic E-state index is 0.0289. The van der Waals surface area contributed by atoms with Crippen molar-refractivity contribution in [3.8, 4) is 5.75 Å². The van der Waals surface area contributed by atoms with Gasteiger partial charge in [-0.15, -0.1) is 0 Å². The summed E-state index contributed by atoms with van der Waals surface area (Å²) < 4.78 is 0. The number of benzene rings is 1. The number of carboxylic acids is 1. The fraction of sp³-hybridized carbons (Fsp3) is 0.417. The molecule has 0 amide bonds. The minimum Gasteiger partial charge on any atom is -0.508 e. The van der Waals surface area contributed by atoms with Gasteiger partial charge in [-0.1, -0.05) is 19.4 Å². The molecule has 0 aromatic heterocycles. The third-order valence-corrected chi connectivity index (χ3v) is 2.58. The number of hydrogen-bond donors (Lipinski definition) is 3. The maximum atomic E-state index is 10.6. The fourth-order valence-electron chi connectivity index (χ4n) is 1.61. The number of phenols is 1. The summed E-state index contributed by atoms with van der Waals surface area (Å²) in [5, 5.41) is 27.7. The lowest BCUT2D eigenvalue weighted by molar-refractivity contribution is -0.146. The van der Waals surface area contributed by atoms with Gasteiger partial charge >= 0.3 is 5.97 Å². The van der Waals surface area contributed by atoms with Crippen molar-refractivity contribution in [2.45, 2.75) is 32.8 Å². The van der Waals surface area contributed by atoms with E-state index in [0.717, 1.165) is 24.0 Å². The maximum absolute atomic E-state index is 10.6. The Bertz CT molecular complexity index is 398. The number of phenolic OH excluding ortho intramolecular Hbond substituents is 1. The lowest BCUT2D eigenvalue weighted by Gasteiger charge is -2.12. The molecule has 16 heavy (non-hydrogen) atoms. The molecule has 1 atom stereocenters. The second-order valence-electron chi connectivity index (χ2n) is 3.81. The first-order valence-electron chi connectivity index (χ1n) is 5.20. The highest BCUT2D eigenvalue weighted by atomic mass is 16.4. The molecule has 0 fully saturated rings. The number of aliphatic carboxylic acids is 1. The second kappa shape index (κ2) is 4.99. The van der Waals surface area contributed by atoms with Gasteiger partial charge in [0.1, 0.15) is 5.75 Å². The van der Waals surface area contributed by atoms with Crippen molar-refractivity contribution in [3.63, 3.8) is 0 Å². The van der Waals surface area contributed by atoms with Crippen LogP contribution in [0.25, 0.3) is 0 Å². The molecule has 0 saturated heterocycles. The first kappa shape index (κ1) is 12.5. The van der Waals surface area contributed by atoms with Crippen LogP contribution in [0.5, 0.6) is 5.75 Å². The summed E-state index contributed by atoms with van der Waals surface area (Å²) in [4.78, 5) is 10.6. The largest absolute Gasteiger partial charge is 0.508 e. The zero-order valence-corrected chi connectivity index (χ0v) is 9.40. The van der Waals surface area contributed by atoms with Gasteiger partial charge in [0.05, 0.1) is 0 Å². The van der Waals surface area contributed by atoms with Crippen LogP contribution in [0.4, 0.5) is 0 Å². The van der Waals surface area contributed by atoms with Crippen LogP contribution in [0.15, 0.2) is 12.1 Å². The maximum Gasteiger partial charge on any atom is 0.337 e. The van der Waals surface area contributed by atoms with E-state index in [-0.39, 0.29) is 11.3 Å². The summed E-state index contributed by atoms with van der Waals surface area (Å²) in [5.41, 5.74) is 1.83. The molecule has 88 valence electrons. The van der Waals surface area contributed by atoms with E-state index < -0.39 is 12.1 Å². The van der Waals surface area contributed by atoms with Crippen LogP contribution in [0.2, 0.25) is 0 Å². The Morgan fingerprint density at radius 2 is 2.06 bits per heavy atom. The molecule has 0 radical (unpaired) electrons. The lowest BCUT2D eigenvalue weighted by atomic mass is 9.98. The average Bonchev–Trinajstić information content (AvgIpc) is 2.23. The predicted octanol–water partition coefficient (Wildman–Crippen LogP) is 1.77. The van der Waals surface area contributed by atoms with Crippen molar-refractivity contribution < 1.29 is 20.1 Å². The Labute approximate surface area is 94.2 Å². The Hall–Kier alpha value is -1.55. The van der Waals surface area contributed by atoms with Gasteiger partial charge in [0.15, 0.2) is 6.10 Å². The van der Waals surface area contributed by atoms with Gasteiger partial charge in [0.25, 0.3) is 0 Å². The van der Waals surface area contributed by atoms with Crippen LogP contribution in [-0.2, 0) is 11.2 Å². The van der Waals surface area contributed by atoms with E-state index >= 15 is 0 Å². The molecule has 0 heterocycles. The first-order valence-corrected chi connectivity index (χ1v) is 5.20. The number of hydrogen-bond acceptors (Lipinski definition) is 3. The molecule has 0 aliphatic heterocycles. The zero-order chi connectivity index (χ0) is 12.3. The van der Waals surface area contributed by atoms with Crippen molar-refractivity contribution in [3.05, 3.63) is 28.8 Å². The number of aliphatic hydroxyl groups excluding tert-OH is 1. The van der Waals surface area contributed by atoms with Crippen LogP contribution in [0.3, 0.4) is 0 Å². The molecule has 0 spiro atoms. The van der Waals surface area contributed by atoms with Gasteiger partial charge in [-0.05, 0) is 36.1 Å². The molecule has 1 aromatic rings. The highest BCUT2D eigenvalue weighted by Gasteiger charge is 2.18. The van der Waals surface area contributed by atoms with E-state index in [9.17, 15) is 15.0 Å². The van der Waals surface area contributed by atoms with E-state index in [4.69, 9.17) is 5.11 Å². The lowest BCUT2D eigenvalue weighted by Crippen LogP contribution is -2.11. The number of aryl methyl sites for hydroxylation is 1. The standard InChI is InChI=1S/C12H16O4/c1-3-4-8-5-9(11(14)12(15)16)6-10(13)7(8)2/h5-6,11,13-14H,3-4H2,1-2H3,(H,15,16). The molecule has 4 heteroatoms. The number of carbonyl (C=O) groups is 1. The van der Waals surface area contributed by atoms with E-state index in [0.29, 0.717) is 0 Å². The zero-order valence-electron chi connectivity index (χ0n) is 9.40. The summed E-state index contributed by atoms with van der Waals surface area (Å²) in [5.74, 6) is -1.29. The van der Waals surface area contributed by atoms with Crippen LogP contribution in [0.1, 0.15) is 36.1 Å². The second-order valence-corrected chi connectivity index (χ2v) is 3.81. The molecule has 4 nitrogen and oxygen atoms in total. The molecule has 0 bridgehead atoms. The Morgan fingerprint density at radius 3 is 2.56 bits per heavy atom. The highest BCUT2D eigenvalue weighted by molar-refractivity contribution is 5.74. The van der Waals surface area contributed by atoms with Crippen molar-refractivity contribution in [2.75, 3.05) is 0 Å². The molecular formula is C12H16O4. The van der Waals surface area contributed by atoms with Gasteiger partial charge < -0.3 is 15.3 Å². The SMILES string of the molecule is CCCc1cc(C(O)C(=O)O)cc(O)c1C. The monoisotopic (exact) mass is 224 g/mol. The summed E-state index contributed by atoms with van der Waals surface area (Å²) in [7, 11) is 0. The van der Waals surface area contributed by atoms with Gasteiger partial charge in [-0.2, -0.15) is 0 Å². The van der Waals surface area contributed by atoms with Crippen LogP contribution >= 0.6 is 0 Å². The molecular weight excluding hydrogens is 208 g/mol. The first-order chi connectivity index (χ1) is 7.47. The molecule has 0 aliphatic carbocycles. The summed E-state index contributed by atoms with van der Waals surface area (Å²) >= 11 is 0. The summed E-state index contributed by atoms with van der Waals surface area (Å²) in [6.45, 7) is 3.77. The normalized spacial score (nSPS) is 12.4. The van der Waals surface area contributed by atoms with Crippen molar-refractivity contribution in [1.29, 1.82) is 0 Å². The number of rotatable bonds is 4. The number of carboxylic acid groups (broad SMARTS) is 1. The van der Waals surface area contributed by atoms with Crippen LogP contribution < -0.4 is 0 Å². The molecule has 3 N–H and O–H groups in total. The molecule has 0 saturated carbocycles. The number of aromatic hydroxyl groups is 1. The van der Waals surface area contributed by atoms with Crippen molar-refractivity contribution in [1.82, 2.24) is 0 Å². The van der Waals surface area contributed by atoms with E-state index in [2.05, 4.69) is 0 Å². The summed E-state index contributed by atoms with van der Waals surface area (Å²) in [6, 6.07) is 2.94. The molecule has 1 rings (SSSR count). The Kier molecular flexibility index (Phi) is 3.90. The van der Waals surface area contributed by atoms with Gasteiger partial charge in [-0.25, -0.2) is 4.79 Å². The molecule has 1 aromatic carbocycles. The Morgan fingerprint density at radius 1 is 1.44 bits per heavy atom. The third kappa shape index (κ3) is 2.52. The van der Waals surface area contributed by atoms with Crippen molar-refractivity contribution >= 4 is 5.97 Å². The van der Waals surface area contributed by atoms with E-state index in [1.807, 2.05) is 6.92 Å². The van der Waals surface area contributed by atoms with Crippen LogP contribution in [0, 0.1) is 6.92 Å². The minimum atomic E-state index is -1.58. The smallest absolute Gasteiger partial charge is 0.337 e. The fourth-order valence-corrected chi connectivity index (χ4v) is 1.61. The van der Waals surface area contributed by atoms with E-state index in [1.165, 1.54) is 6.07 Å². The third-order valence-electron chi connectivity index (χ3n) is 2.58. The van der Waals surface area contributed by atoms with Gasteiger partial charge in [0, 0.05) is 0 Å². The quantitative estimate of drug-likeness (QED) is 0.728. The topological polar surface area (TPSA) is 77.8 Å². The number of aliphatic hydroxyl groups is 1. The van der Waals surface area contributed by atoms with Crippen LogP contribution in [-0.4, -0.2) is 21.3 Å². The molecule has 1 unspecified atom stereocenters. The average molecular weight is 224 g/mol. The summed E-state index contributed by atoms with van der Waals surface area (Å²) in [6.07, 6.45) is 0.0639. The van der Waals surface area contributed by atoms with Gasteiger partial charge in [0.2, 0.25) is 0 Å². The van der Waals surface area contributed by atoms with E-state index in [1.54, 1.807) is 13.0 Å². The highest BCUT2D eigenvalue weighted by Crippen LogP contribution is 2.27. The predicted molar refractivity (Wildman–Crippen MR) is 59.4 cm³/mol. The molecule has 0 aliphatic rings. The van der Waals surface area contributed by atoms with Gasteiger partial charge in [-0.3, -0.25) is 0 Å². The van der Waals surface area contributed by atoms with Crippen molar-refractivity contribution in [2.24, 2.45) is 0 Å².